The van der Waals surface area contributed by atoms with E-state index in [4.69, 9.17) is 14.2 Å². The van der Waals surface area contributed by atoms with Crippen molar-refractivity contribution < 1.29 is 18.6 Å². The van der Waals surface area contributed by atoms with Crippen molar-refractivity contribution >= 4 is 0 Å². The quantitative estimate of drug-likeness (QED) is 0.460. The molecule has 20 heavy (non-hydrogen) atoms. The van der Waals surface area contributed by atoms with E-state index in [0.29, 0.717) is 6.61 Å². The second-order valence-corrected chi connectivity index (χ2v) is 4.62. The molecule has 1 atom stereocenters. The lowest BCUT2D eigenvalue weighted by molar-refractivity contribution is 0.00822. The summed E-state index contributed by atoms with van der Waals surface area (Å²) in [6, 6.07) is 14.0. The van der Waals surface area contributed by atoms with Crippen molar-refractivity contribution in [3.05, 3.63) is 54.3 Å². The second kappa shape index (κ2) is 6.03. The summed E-state index contributed by atoms with van der Waals surface area (Å²) in [7, 11) is 0. The highest BCUT2D eigenvalue weighted by Gasteiger charge is 2.22. The van der Waals surface area contributed by atoms with Crippen molar-refractivity contribution in [1.82, 2.24) is 0 Å². The highest BCUT2D eigenvalue weighted by atomic mass is 19.1. The molecule has 2 aromatic carbocycles. The maximum atomic E-state index is 12.9. The van der Waals surface area contributed by atoms with Gasteiger partial charge in [-0.05, 0) is 35.4 Å². The molecule has 104 valence electrons. The maximum absolute atomic E-state index is 12.9. The van der Waals surface area contributed by atoms with Crippen molar-refractivity contribution in [1.29, 1.82) is 0 Å². The summed E-state index contributed by atoms with van der Waals surface area (Å²) in [6.45, 7) is 1.58. The standard InChI is InChI=1S/C16H15FO3/c17-14-5-1-12(2-6-14)13-3-7-15(8-4-13)20-11-18-9-16-10-19-16/h1-8,16H,9-11H2. The maximum Gasteiger partial charge on any atom is 0.189 e. The number of halogens is 1. The van der Waals surface area contributed by atoms with Crippen molar-refractivity contribution in [3.63, 3.8) is 0 Å². The molecule has 1 aliphatic rings. The van der Waals surface area contributed by atoms with Gasteiger partial charge in [-0.2, -0.15) is 0 Å². The van der Waals surface area contributed by atoms with Crippen molar-refractivity contribution in [2.45, 2.75) is 6.10 Å². The molecule has 1 aliphatic heterocycles. The van der Waals surface area contributed by atoms with Crippen LogP contribution in [0.3, 0.4) is 0 Å². The third kappa shape index (κ3) is 3.56. The normalized spacial score (nSPS) is 16.9. The van der Waals surface area contributed by atoms with Gasteiger partial charge in [-0.1, -0.05) is 24.3 Å². The average molecular weight is 274 g/mol. The Hall–Kier alpha value is -1.91. The van der Waals surface area contributed by atoms with E-state index < -0.39 is 0 Å². The van der Waals surface area contributed by atoms with Crippen LogP contribution in [0.25, 0.3) is 11.1 Å². The zero-order valence-electron chi connectivity index (χ0n) is 10.9. The Labute approximate surface area is 116 Å². The van der Waals surface area contributed by atoms with Gasteiger partial charge in [0.05, 0.1) is 13.2 Å². The molecule has 0 spiro atoms. The number of benzene rings is 2. The van der Waals surface area contributed by atoms with E-state index in [1.165, 1.54) is 12.1 Å². The first-order chi connectivity index (χ1) is 9.81. The van der Waals surface area contributed by atoms with Crippen LogP contribution >= 0.6 is 0 Å². The number of ether oxygens (including phenoxy) is 3. The van der Waals surface area contributed by atoms with Crippen molar-refractivity contribution in [2.24, 2.45) is 0 Å². The van der Waals surface area contributed by atoms with E-state index in [2.05, 4.69) is 0 Å². The van der Waals surface area contributed by atoms with Crippen LogP contribution in [0.4, 0.5) is 4.39 Å². The summed E-state index contributed by atoms with van der Waals surface area (Å²) in [6.07, 6.45) is 0.249. The summed E-state index contributed by atoms with van der Waals surface area (Å²) in [5.74, 6) is 0.512. The first-order valence-electron chi connectivity index (χ1n) is 6.49. The number of hydrogen-bond donors (Lipinski definition) is 0. The molecule has 4 heteroatoms. The zero-order valence-corrected chi connectivity index (χ0v) is 10.9. The molecule has 1 unspecified atom stereocenters. The predicted octanol–water partition coefficient (Wildman–Crippen LogP) is 3.24. The minimum Gasteiger partial charge on any atom is -0.468 e. The SMILES string of the molecule is Fc1ccc(-c2ccc(OCOCC3CO3)cc2)cc1. The number of rotatable bonds is 6. The smallest absolute Gasteiger partial charge is 0.189 e. The van der Waals surface area contributed by atoms with Gasteiger partial charge in [0, 0.05) is 0 Å². The first kappa shape index (κ1) is 13.1. The fraction of sp³-hybridized carbons (Fsp3) is 0.250. The fourth-order valence-corrected chi connectivity index (χ4v) is 1.84. The molecule has 3 nitrogen and oxygen atoms in total. The van der Waals surface area contributed by atoms with Crippen LogP contribution in [0.5, 0.6) is 5.75 Å². The minimum absolute atomic E-state index is 0.218. The first-order valence-corrected chi connectivity index (χ1v) is 6.49. The highest BCUT2D eigenvalue weighted by Crippen LogP contribution is 2.22. The summed E-state index contributed by atoms with van der Waals surface area (Å²) >= 11 is 0. The molecule has 3 rings (SSSR count). The second-order valence-electron chi connectivity index (χ2n) is 4.62. The molecule has 0 bridgehead atoms. The summed E-state index contributed by atoms with van der Waals surface area (Å²) in [5, 5.41) is 0. The lowest BCUT2D eigenvalue weighted by Crippen LogP contribution is -2.07. The van der Waals surface area contributed by atoms with Crippen LogP contribution in [-0.4, -0.2) is 26.1 Å². The molecular weight excluding hydrogens is 259 g/mol. The van der Waals surface area contributed by atoms with Gasteiger partial charge in [-0.25, -0.2) is 4.39 Å². The zero-order chi connectivity index (χ0) is 13.8. The van der Waals surface area contributed by atoms with Gasteiger partial charge < -0.3 is 14.2 Å². The fourth-order valence-electron chi connectivity index (χ4n) is 1.84. The van der Waals surface area contributed by atoms with Crippen molar-refractivity contribution in [2.75, 3.05) is 20.0 Å². The van der Waals surface area contributed by atoms with Crippen LogP contribution < -0.4 is 4.74 Å². The van der Waals surface area contributed by atoms with Crippen LogP contribution in [0.2, 0.25) is 0 Å². The van der Waals surface area contributed by atoms with E-state index in [0.717, 1.165) is 23.5 Å². The molecule has 0 N–H and O–H groups in total. The van der Waals surface area contributed by atoms with Crippen LogP contribution in [-0.2, 0) is 9.47 Å². The van der Waals surface area contributed by atoms with Crippen molar-refractivity contribution in [3.8, 4) is 16.9 Å². The summed E-state index contributed by atoms with van der Waals surface area (Å²) in [5.41, 5.74) is 1.99. The third-order valence-electron chi connectivity index (χ3n) is 3.05. The Morgan fingerprint density at radius 1 is 1.00 bits per heavy atom. The third-order valence-corrected chi connectivity index (χ3v) is 3.05. The van der Waals surface area contributed by atoms with Gasteiger partial charge >= 0.3 is 0 Å². The molecule has 0 radical (unpaired) electrons. The number of epoxide rings is 1. The summed E-state index contributed by atoms with van der Waals surface area (Å²) in [4.78, 5) is 0. The average Bonchev–Trinajstić information content (AvgIpc) is 3.29. The van der Waals surface area contributed by atoms with E-state index in [9.17, 15) is 4.39 Å². The topological polar surface area (TPSA) is 31.0 Å². The van der Waals surface area contributed by atoms with Crippen LogP contribution in [0.1, 0.15) is 0 Å². The molecule has 0 amide bonds. The lowest BCUT2D eigenvalue weighted by atomic mass is 10.1. The van der Waals surface area contributed by atoms with Gasteiger partial charge in [0.1, 0.15) is 17.7 Å². The molecule has 1 fully saturated rings. The largest absolute Gasteiger partial charge is 0.468 e. The van der Waals surface area contributed by atoms with Crippen LogP contribution in [0, 0.1) is 5.82 Å². The Morgan fingerprint density at radius 2 is 1.60 bits per heavy atom. The Morgan fingerprint density at radius 3 is 2.20 bits per heavy atom. The molecule has 0 saturated carbocycles. The van der Waals surface area contributed by atoms with E-state index in [1.54, 1.807) is 12.1 Å². The number of hydrogen-bond acceptors (Lipinski definition) is 3. The van der Waals surface area contributed by atoms with E-state index in [1.807, 2.05) is 24.3 Å². The minimum atomic E-state index is -0.231. The van der Waals surface area contributed by atoms with E-state index in [-0.39, 0.29) is 18.7 Å². The van der Waals surface area contributed by atoms with Gasteiger partial charge in [-0.3, -0.25) is 0 Å². The molecule has 2 aromatic rings. The lowest BCUT2D eigenvalue weighted by Gasteiger charge is -2.07. The highest BCUT2D eigenvalue weighted by molar-refractivity contribution is 5.63. The molecule has 1 heterocycles. The molecule has 1 saturated heterocycles. The monoisotopic (exact) mass is 274 g/mol. The van der Waals surface area contributed by atoms with Crippen LogP contribution in [0.15, 0.2) is 48.5 Å². The molecule has 0 aromatic heterocycles. The Bertz CT molecular complexity index is 547. The Kier molecular flexibility index (Phi) is 3.95. The molecule has 0 aliphatic carbocycles. The van der Waals surface area contributed by atoms with Gasteiger partial charge in [0.2, 0.25) is 0 Å². The molecular formula is C16H15FO3. The van der Waals surface area contributed by atoms with E-state index >= 15 is 0 Å². The van der Waals surface area contributed by atoms with Gasteiger partial charge in [0.25, 0.3) is 0 Å². The van der Waals surface area contributed by atoms with Gasteiger partial charge in [-0.15, -0.1) is 0 Å². The van der Waals surface area contributed by atoms with Gasteiger partial charge in [0.15, 0.2) is 6.79 Å². The Balaban J connectivity index is 1.54. The predicted molar refractivity (Wildman–Crippen MR) is 73.0 cm³/mol. The summed E-state index contributed by atoms with van der Waals surface area (Å²) < 4.78 is 28.6.